The topological polar surface area (TPSA) is 45.2 Å². The van der Waals surface area contributed by atoms with Crippen molar-refractivity contribution >= 4 is 22.9 Å². The summed E-state index contributed by atoms with van der Waals surface area (Å²) < 4.78 is 0. The van der Waals surface area contributed by atoms with Crippen molar-refractivity contribution in [1.82, 2.24) is 10.3 Å². The van der Waals surface area contributed by atoms with Crippen molar-refractivity contribution in [3.63, 3.8) is 0 Å². The largest absolute Gasteiger partial charge is 0.371 e. The fourth-order valence-corrected chi connectivity index (χ4v) is 4.48. The lowest BCUT2D eigenvalue weighted by atomic mass is 10.1. The van der Waals surface area contributed by atoms with Crippen molar-refractivity contribution in [3.8, 4) is 0 Å². The van der Waals surface area contributed by atoms with Gasteiger partial charge in [-0.15, -0.1) is 11.3 Å². The minimum Gasteiger partial charge on any atom is -0.371 e. The Hall–Kier alpha value is -1.88. The number of nitrogens with one attached hydrogen (secondary N) is 1. The van der Waals surface area contributed by atoms with E-state index in [0.717, 1.165) is 35.1 Å². The highest BCUT2D eigenvalue weighted by Gasteiger charge is 2.18. The fraction of sp³-hybridized carbons (Fsp3) is 0.500. The SMILES string of the molecule is Cc1nc(CC(C)C)sc1C(=O)NCc1ccccc1N1CCCC1. The second-order valence-corrected chi connectivity index (χ2v) is 8.21. The van der Waals surface area contributed by atoms with Crippen molar-refractivity contribution in [3.05, 3.63) is 45.4 Å². The molecule has 1 N–H and O–H groups in total. The highest BCUT2D eigenvalue weighted by molar-refractivity contribution is 7.13. The first-order valence-electron chi connectivity index (χ1n) is 9.12. The van der Waals surface area contributed by atoms with E-state index < -0.39 is 0 Å². The average Bonchev–Trinajstić information content (AvgIpc) is 3.22. The number of carbonyl (C=O) groups is 1. The number of hydrogen-bond donors (Lipinski definition) is 1. The fourth-order valence-electron chi connectivity index (χ4n) is 3.28. The van der Waals surface area contributed by atoms with Gasteiger partial charge in [0.1, 0.15) is 4.88 Å². The van der Waals surface area contributed by atoms with Crippen LogP contribution in [0.25, 0.3) is 0 Å². The van der Waals surface area contributed by atoms with Crippen LogP contribution >= 0.6 is 11.3 Å². The number of hydrogen-bond acceptors (Lipinski definition) is 4. The van der Waals surface area contributed by atoms with E-state index in [1.165, 1.54) is 35.4 Å². The normalized spacial score (nSPS) is 14.3. The van der Waals surface area contributed by atoms with E-state index in [1.807, 2.05) is 13.0 Å². The van der Waals surface area contributed by atoms with Crippen LogP contribution in [0.4, 0.5) is 5.69 Å². The summed E-state index contributed by atoms with van der Waals surface area (Å²) in [4.78, 5) is 20.3. The van der Waals surface area contributed by atoms with Gasteiger partial charge in [-0.1, -0.05) is 32.0 Å². The molecule has 0 spiro atoms. The Balaban J connectivity index is 1.68. The van der Waals surface area contributed by atoms with Gasteiger partial charge >= 0.3 is 0 Å². The first-order chi connectivity index (χ1) is 12.0. The number of aromatic nitrogens is 1. The van der Waals surface area contributed by atoms with E-state index in [-0.39, 0.29) is 5.91 Å². The van der Waals surface area contributed by atoms with E-state index >= 15 is 0 Å². The Labute approximate surface area is 154 Å². The smallest absolute Gasteiger partial charge is 0.263 e. The molecule has 5 heteroatoms. The number of anilines is 1. The zero-order valence-electron chi connectivity index (χ0n) is 15.3. The monoisotopic (exact) mass is 357 g/mol. The molecule has 1 aliphatic rings. The number of carbonyl (C=O) groups excluding carboxylic acids is 1. The zero-order chi connectivity index (χ0) is 17.8. The van der Waals surface area contributed by atoms with Crippen LogP contribution in [0.5, 0.6) is 0 Å². The highest BCUT2D eigenvalue weighted by Crippen LogP contribution is 2.25. The van der Waals surface area contributed by atoms with E-state index in [0.29, 0.717) is 12.5 Å². The molecule has 0 bridgehead atoms. The third-order valence-corrected chi connectivity index (χ3v) is 5.69. The van der Waals surface area contributed by atoms with Gasteiger partial charge in [0.15, 0.2) is 0 Å². The van der Waals surface area contributed by atoms with Gasteiger partial charge in [-0.3, -0.25) is 4.79 Å². The minimum absolute atomic E-state index is 0.0127. The summed E-state index contributed by atoms with van der Waals surface area (Å²) in [6, 6.07) is 8.38. The van der Waals surface area contributed by atoms with E-state index in [2.05, 4.69) is 47.2 Å². The summed E-state index contributed by atoms with van der Waals surface area (Å²) in [5, 5.41) is 4.14. The van der Waals surface area contributed by atoms with E-state index in [4.69, 9.17) is 0 Å². The first kappa shape index (κ1) is 17.9. The first-order valence-corrected chi connectivity index (χ1v) is 9.93. The number of para-hydroxylation sites is 1. The summed E-state index contributed by atoms with van der Waals surface area (Å²) in [7, 11) is 0. The van der Waals surface area contributed by atoms with Crippen LogP contribution in [0.2, 0.25) is 0 Å². The van der Waals surface area contributed by atoms with Gasteiger partial charge in [-0.05, 0) is 37.3 Å². The van der Waals surface area contributed by atoms with Crippen LogP contribution in [-0.2, 0) is 13.0 Å². The van der Waals surface area contributed by atoms with Crippen molar-refractivity contribution in [2.75, 3.05) is 18.0 Å². The molecule has 0 saturated carbocycles. The molecule has 1 aliphatic heterocycles. The lowest BCUT2D eigenvalue weighted by molar-refractivity contribution is 0.0954. The molecule has 1 aromatic heterocycles. The molecule has 4 nitrogen and oxygen atoms in total. The zero-order valence-corrected chi connectivity index (χ0v) is 16.2. The standard InChI is InChI=1S/C20H27N3OS/c1-14(2)12-18-22-15(3)19(25-18)20(24)21-13-16-8-4-5-9-17(16)23-10-6-7-11-23/h4-5,8-9,14H,6-7,10-13H2,1-3H3,(H,21,24). The van der Waals surface area contributed by atoms with Gasteiger partial charge in [0.25, 0.3) is 5.91 Å². The molecule has 1 fully saturated rings. The Bertz CT molecular complexity index is 732. The summed E-state index contributed by atoms with van der Waals surface area (Å²) in [6.45, 7) is 9.04. The van der Waals surface area contributed by atoms with E-state index in [1.54, 1.807) is 0 Å². The number of benzene rings is 1. The molecule has 0 radical (unpaired) electrons. The summed E-state index contributed by atoms with van der Waals surface area (Å²) in [6.07, 6.45) is 3.43. The molecule has 1 saturated heterocycles. The molecule has 3 rings (SSSR count). The number of rotatable bonds is 6. The van der Waals surface area contributed by atoms with Crippen molar-refractivity contribution in [1.29, 1.82) is 0 Å². The third-order valence-electron chi connectivity index (χ3n) is 4.51. The molecule has 2 heterocycles. The van der Waals surface area contributed by atoms with Crippen LogP contribution in [0.1, 0.15) is 52.6 Å². The lowest BCUT2D eigenvalue weighted by Crippen LogP contribution is -2.25. The number of amides is 1. The number of aryl methyl sites for hydroxylation is 1. The molecule has 2 aromatic rings. The molecule has 0 atom stereocenters. The maximum absolute atomic E-state index is 12.6. The summed E-state index contributed by atoms with van der Waals surface area (Å²) >= 11 is 1.53. The maximum atomic E-state index is 12.6. The van der Waals surface area contributed by atoms with Gasteiger partial charge < -0.3 is 10.2 Å². The average molecular weight is 358 g/mol. The lowest BCUT2D eigenvalue weighted by Gasteiger charge is -2.21. The molecule has 1 amide bonds. The van der Waals surface area contributed by atoms with Gasteiger partial charge in [0.2, 0.25) is 0 Å². The van der Waals surface area contributed by atoms with E-state index in [9.17, 15) is 4.79 Å². The summed E-state index contributed by atoms with van der Waals surface area (Å²) in [5.74, 6) is 0.537. The number of thiazole rings is 1. The van der Waals surface area contributed by atoms with Crippen LogP contribution in [0, 0.1) is 12.8 Å². The van der Waals surface area contributed by atoms with Crippen molar-refractivity contribution in [2.45, 2.75) is 46.6 Å². The van der Waals surface area contributed by atoms with Crippen LogP contribution in [0.15, 0.2) is 24.3 Å². The predicted molar refractivity (Wildman–Crippen MR) is 104 cm³/mol. The van der Waals surface area contributed by atoms with Crippen LogP contribution in [0.3, 0.4) is 0 Å². The Morgan fingerprint density at radius 2 is 2.00 bits per heavy atom. The molecule has 25 heavy (non-hydrogen) atoms. The van der Waals surface area contributed by atoms with Crippen molar-refractivity contribution in [2.24, 2.45) is 5.92 Å². The Kier molecular flexibility index (Phi) is 5.74. The second kappa shape index (κ2) is 8.00. The van der Waals surface area contributed by atoms with Gasteiger partial charge in [-0.25, -0.2) is 4.98 Å². The molecular weight excluding hydrogens is 330 g/mol. The quantitative estimate of drug-likeness (QED) is 0.843. The highest BCUT2D eigenvalue weighted by atomic mass is 32.1. The molecule has 0 aliphatic carbocycles. The van der Waals surface area contributed by atoms with Gasteiger partial charge in [-0.2, -0.15) is 0 Å². The van der Waals surface area contributed by atoms with Gasteiger partial charge in [0.05, 0.1) is 10.7 Å². The molecule has 1 aromatic carbocycles. The maximum Gasteiger partial charge on any atom is 0.263 e. The third kappa shape index (κ3) is 4.40. The predicted octanol–water partition coefficient (Wildman–Crippen LogP) is 4.18. The minimum atomic E-state index is -0.0127. The second-order valence-electron chi connectivity index (χ2n) is 7.13. The molecule has 0 unspecified atom stereocenters. The Morgan fingerprint density at radius 3 is 2.72 bits per heavy atom. The molecule has 134 valence electrons. The number of nitrogens with zero attached hydrogens (tertiary/aromatic N) is 2. The van der Waals surface area contributed by atoms with Crippen LogP contribution < -0.4 is 10.2 Å². The Morgan fingerprint density at radius 1 is 1.28 bits per heavy atom. The molecular formula is C20H27N3OS. The van der Waals surface area contributed by atoms with Crippen molar-refractivity contribution < 1.29 is 4.79 Å². The van der Waals surface area contributed by atoms with Crippen LogP contribution in [-0.4, -0.2) is 24.0 Å². The summed E-state index contributed by atoms with van der Waals surface area (Å²) in [5.41, 5.74) is 3.27. The van der Waals surface area contributed by atoms with Gasteiger partial charge in [0, 0.05) is 31.7 Å².